The SMILES string of the molecule is CC(=O)C(Cl)c1ccccc1Br. The maximum absolute atomic E-state index is 10.9. The standard InChI is InChI=1S/C9H8BrClO/c1-6(12)9(11)7-4-2-3-5-8(7)10/h2-5,9H,1H3. The molecule has 0 spiro atoms. The fourth-order valence-corrected chi connectivity index (χ4v) is 1.74. The van der Waals surface area contributed by atoms with Gasteiger partial charge in [-0.05, 0) is 18.6 Å². The molecule has 3 heteroatoms. The Hall–Kier alpha value is -0.340. The number of hydrogen-bond donors (Lipinski definition) is 0. The Morgan fingerprint density at radius 2 is 2.08 bits per heavy atom. The molecular weight excluding hydrogens is 239 g/mol. The van der Waals surface area contributed by atoms with E-state index in [9.17, 15) is 4.79 Å². The van der Waals surface area contributed by atoms with Gasteiger partial charge in [0.05, 0.1) is 0 Å². The highest BCUT2D eigenvalue weighted by molar-refractivity contribution is 9.10. The van der Waals surface area contributed by atoms with Crippen LogP contribution in [0.1, 0.15) is 17.9 Å². The summed E-state index contributed by atoms with van der Waals surface area (Å²) in [6.45, 7) is 1.48. The van der Waals surface area contributed by atoms with Crippen molar-refractivity contribution in [3.8, 4) is 0 Å². The summed E-state index contributed by atoms with van der Waals surface area (Å²) >= 11 is 9.20. The molecule has 1 nitrogen and oxygen atoms in total. The van der Waals surface area contributed by atoms with E-state index >= 15 is 0 Å². The van der Waals surface area contributed by atoms with Gasteiger partial charge in [0.15, 0.2) is 5.78 Å². The first-order valence-electron chi connectivity index (χ1n) is 3.52. The Bertz CT molecular complexity index is 298. The Balaban J connectivity index is 3.02. The highest BCUT2D eigenvalue weighted by atomic mass is 79.9. The molecule has 0 aromatic heterocycles. The van der Waals surface area contributed by atoms with Crippen molar-refractivity contribution in [3.05, 3.63) is 34.3 Å². The second-order valence-corrected chi connectivity index (χ2v) is 3.79. The minimum atomic E-state index is -0.541. The molecule has 0 saturated heterocycles. The summed E-state index contributed by atoms with van der Waals surface area (Å²) in [4.78, 5) is 10.9. The summed E-state index contributed by atoms with van der Waals surface area (Å²) < 4.78 is 0.875. The number of carbonyl (C=O) groups excluding carboxylic acids is 1. The number of benzene rings is 1. The van der Waals surface area contributed by atoms with Crippen LogP contribution in [0.15, 0.2) is 28.7 Å². The van der Waals surface area contributed by atoms with E-state index in [1.54, 1.807) is 0 Å². The summed E-state index contributed by atoms with van der Waals surface area (Å²) in [5.41, 5.74) is 0.826. The van der Waals surface area contributed by atoms with Crippen molar-refractivity contribution >= 4 is 33.3 Å². The molecule has 1 unspecified atom stereocenters. The lowest BCUT2D eigenvalue weighted by molar-refractivity contribution is -0.116. The summed E-state index contributed by atoms with van der Waals surface area (Å²) in [6.07, 6.45) is 0. The number of carbonyl (C=O) groups is 1. The molecule has 64 valence electrons. The molecule has 1 aromatic rings. The van der Waals surface area contributed by atoms with Crippen LogP contribution >= 0.6 is 27.5 Å². The first-order chi connectivity index (χ1) is 5.63. The van der Waals surface area contributed by atoms with Gasteiger partial charge in [-0.15, -0.1) is 11.6 Å². The Morgan fingerprint density at radius 1 is 1.50 bits per heavy atom. The van der Waals surface area contributed by atoms with Crippen molar-refractivity contribution in [3.63, 3.8) is 0 Å². The van der Waals surface area contributed by atoms with Crippen molar-refractivity contribution in [2.24, 2.45) is 0 Å². The molecule has 0 fully saturated rings. The molecular formula is C9H8BrClO. The van der Waals surface area contributed by atoms with Gasteiger partial charge >= 0.3 is 0 Å². The lowest BCUT2D eigenvalue weighted by atomic mass is 10.1. The van der Waals surface area contributed by atoms with Crippen LogP contribution in [-0.4, -0.2) is 5.78 Å². The molecule has 0 saturated carbocycles. The van der Waals surface area contributed by atoms with Crippen LogP contribution in [0.5, 0.6) is 0 Å². The first-order valence-corrected chi connectivity index (χ1v) is 4.75. The number of Topliss-reactive ketones (excluding diaryl/α,β-unsaturated/α-hetero) is 1. The van der Waals surface area contributed by atoms with Crippen LogP contribution in [0, 0.1) is 0 Å². The minimum Gasteiger partial charge on any atom is -0.298 e. The molecule has 0 amide bonds. The van der Waals surface area contributed by atoms with Gasteiger partial charge in [0.25, 0.3) is 0 Å². The van der Waals surface area contributed by atoms with Gasteiger partial charge in [0, 0.05) is 4.47 Å². The van der Waals surface area contributed by atoms with Gasteiger partial charge in [-0.3, -0.25) is 4.79 Å². The smallest absolute Gasteiger partial charge is 0.152 e. The van der Waals surface area contributed by atoms with Gasteiger partial charge in [-0.25, -0.2) is 0 Å². The summed E-state index contributed by atoms with van der Waals surface area (Å²) in [5.74, 6) is -0.0384. The van der Waals surface area contributed by atoms with E-state index < -0.39 is 5.38 Å². The lowest BCUT2D eigenvalue weighted by Crippen LogP contribution is -2.01. The zero-order valence-corrected chi connectivity index (χ0v) is 8.89. The van der Waals surface area contributed by atoms with E-state index in [1.165, 1.54) is 6.92 Å². The summed E-state index contributed by atoms with van der Waals surface area (Å²) in [5, 5.41) is -0.541. The van der Waals surface area contributed by atoms with Crippen molar-refractivity contribution in [2.45, 2.75) is 12.3 Å². The average molecular weight is 248 g/mol. The topological polar surface area (TPSA) is 17.1 Å². The molecule has 0 aliphatic carbocycles. The van der Waals surface area contributed by atoms with Crippen LogP contribution in [0.4, 0.5) is 0 Å². The fourth-order valence-electron chi connectivity index (χ4n) is 0.900. The molecule has 1 rings (SSSR count). The summed E-state index contributed by atoms with van der Waals surface area (Å²) in [6, 6.07) is 7.45. The van der Waals surface area contributed by atoms with E-state index in [1.807, 2.05) is 24.3 Å². The maximum atomic E-state index is 10.9. The molecule has 0 bridgehead atoms. The number of halogens is 2. The van der Waals surface area contributed by atoms with Crippen LogP contribution in [0.2, 0.25) is 0 Å². The van der Waals surface area contributed by atoms with Gasteiger partial charge < -0.3 is 0 Å². The van der Waals surface area contributed by atoms with E-state index in [0.29, 0.717) is 0 Å². The number of hydrogen-bond acceptors (Lipinski definition) is 1. The molecule has 1 atom stereocenters. The zero-order chi connectivity index (χ0) is 9.14. The van der Waals surface area contributed by atoms with E-state index in [2.05, 4.69) is 15.9 Å². The zero-order valence-electron chi connectivity index (χ0n) is 6.55. The number of rotatable bonds is 2. The van der Waals surface area contributed by atoms with Crippen LogP contribution in [-0.2, 0) is 4.79 Å². The predicted molar refractivity (Wildman–Crippen MR) is 53.4 cm³/mol. The monoisotopic (exact) mass is 246 g/mol. The van der Waals surface area contributed by atoms with Crippen molar-refractivity contribution in [1.82, 2.24) is 0 Å². The highest BCUT2D eigenvalue weighted by Crippen LogP contribution is 2.28. The largest absolute Gasteiger partial charge is 0.298 e. The Labute approximate surface area is 84.9 Å². The van der Waals surface area contributed by atoms with Crippen molar-refractivity contribution in [1.29, 1.82) is 0 Å². The Kier molecular flexibility index (Phi) is 3.29. The maximum Gasteiger partial charge on any atom is 0.152 e. The molecule has 1 aromatic carbocycles. The van der Waals surface area contributed by atoms with Gasteiger partial charge in [0.1, 0.15) is 5.38 Å². The second kappa shape index (κ2) is 4.06. The number of alkyl halides is 1. The third kappa shape index (κ3) is 2.08. The lowest BCUT2D eigenvalue weighted by Gasteiger charge is -2.07. The van der Waals surface area contributed by atoms with Gasteiger partial charge in [-0.2, -0.15) is 0 Å². The highest BCUT2D eigenvalue weighted by Gasteiger charge is 2.14. The molecule has 0 aliphatic heterocycles. The van der Waals surface area contributed by atoms with Gasteiger partial charge in [0.2, 0.25) is 0 Å². The quantitative estimate of drug-likeness (QED) is 0.733. The summed E-state index contributed by atoms with van der Waals surface area (Å²) in [7, 11) is 0. The molecule has 12 heavy (non-hydrogen) atoms. The Morgan fingerprint density at radius 3 is 2.58 bits per heavy atom. The van der Waals surface area contributed by atoms with Crippen LogP contribution in [0.3, 0.4) is 0 Å². The van der Waals surface area contributed by atoms with E-state index in [0.717, 1.165) is 10.0 Å². The molecule has 0 radical (unpaired) electrons. The molecule has 0 N–H and O–H groups in total. The number of ketones is 1. The predicted octanol–water partition coefficient (Wildman–Crippen LogP) is 3.32. The van der Waals surface area contributed by atoms with Gasteiger partial charge in [-0.1, -0.05) is 34.1 Å². The van der Waals surface area contributed by atoms with E-state index in [-0.39, 0.29) is 5.78 Å². The minimum absolute atomic E-state index is 0.0384. The first kappa shape index (κ1) is 9.75. The molecule has 0 aliphatic rings. The average Bonchev–Trinajstić information content (AvgIpc) is 2.04. The third-order valence-electron chi connectivity index (χ3n) is 1.54. The van der Waals surface area contributed by atoms with Crippen molar-refractivity contribution < 1.29 is 4.79 Å². The van der Waals surface area contributed by atoms with Crippen LogP contribution < -0.4 is 0 Å². The van der Waals surface area contributed by atoms with Crippen molar-refractivity contribution in [2.75, 3.05) is 0 Å². The second-order valence-electron chi connectivity index (χ2n) is 2.49. The molecule has 0 heterocycles. The fraction of sp³-hybridized carbons (Fsp3) is 0.222. The normalized spacial score (nSPS) is 12.6. The van der Waals surface area contributed by atoms with Crippen LogP contribution in [0.25, 0.3) is 0 Å². The van der Waals surface area contributed by atoms with E-state index in [4.69, 9.17) is 11.6 Å². The third-order valence-corrected chi connectivity index (χ3v) is 2.80.